The standard InChI is InChI=1S/C17H17N3.ClH/c18-16(15-9-5-2-6-10-15)17-19-11-12-20(17)13-14-7-3-1-4-8-14;/h1-12,16H,13,18H2;1H. The van der Waals surface area contributed by atoms with Crippen LogP contribution in [0.25, 0.3) is 0 Å². The maximum atomic E-state index is 6.33. The van der Waals surface area contributed by atoms with Crippen molar-refractivity contribution in [2.45, 2.75) is 12.6 Å². The van der Waals surface area contributed by atoms with Crippen LogP contribution in [0.3, 0.4) is 0 Å². The van der Waals surface area contributed by atoms with Gasteiger partial charge in [-0.1, -0.05) is 60.7 Å². The van der Waals surface area contributed by atoms with Crippen molar-refractivity contribution >= 4 is 12.4 Å². The number of imidazole rings is 1. The molecule has 108 valence electrons. The first-order valence-corrected chi connectivity index (χ1v) is 6.70. The van der Waals surface area contributed by atoms with E-state index in [1.54, 1.807) is 6.20 Å². The summed E-state index contributed by atoms with van der Waals surface area (Å²) in [4.78, 5) is 4.43. The first kappa shape index (κ1) is 15.3. The number of hydrogen-bond acceptors (Lipinski definition) is 2. The zero-order valence-corrected chi connectivity index (χ0v) is 12.4. The molecule has 2 aromatic carbocycles. The van der Waals surface area contributed by atoms with Crippen LogP contribution < -0.4 is 5.73 Å². The number of hydrogen-bond donors (Lipinski definition) is 1. The molecule has 0 fully saturated rings. The molecule has 0 amide bonds. The average molecular weight is 300 g/mol. The Hall–Kier alpha value is -2.10. The van der Waals surface area contributed by atoms with Crippen LogP contribution in [0.1, 0.15) is 23.0 Å². The summed E-state index contributed by atoms with van der Waals surface area (Å²) < 4.78 is 2.10. The Bertz CT molecular complexity index is 665. The number of nitrogens with two attached hydrogens (primary N) is 1. The van der Waals surface area contributed by atoms with Gasteiger partial charge in [0.1, 0.15) is 5.82 Å². The minimum atomic E-state index is -0.199. The zero-order valence-electron chi connectivity index (χ0n) is 11.6. The molecule has 0 aliphatic carbocycles. The quantitative estimate of drug-likeness (QED) is 0.802. The molecule has 21 heavy (non-hydrogen) atoms. The van der Waals surface area contributed by atoms with Crippen molar-refractivity contribution in [3.05, 3.63) is 90.0 Å². The third-order valence-electron chi connectivity index (χ3n) is 3.38. The smallest absolute Gasteiger partial charge is 0.130 e. The SMILES string of the molecule is Cl.NC(c1ccccc1)c1nccn1Cc1ccccc1. The van der Waals surface area contributed by atoms with Gasteiger partial charge in [0.15, 0.2) is 0 Å². The summed E-state index contributed by atoms with van der Waals surface area (Å²) in [5, 5.41) is 0. The predicted octanol–water partition coefficient (Wildman–Crippen LogP) is 3.40. The Balaban J connectivity index is 0.00000161. The molecule has 0 bridgehead atoms. The van der Waals surface area contributed by atoms with Gasteiger partial charge < -0.3 is 10.3 Å². The maximum Gasteiger partial charge on any atom is 0.130 e. The first-order chi connectivity index (χ1) is 9.84. The molecule has 3 aromatic rings. The maximum absolute atomic E-state index is 6.33. The molecule has 4 heteroatoms. The van der Waals surface area contributed by atoms with Crippen LogP contribution >= 0.6 is 12.4 Å². The van der Waals surface area contributed by atoms with Gasteiger partial charge in [-0.25, -0.2) is 4.98 Å². The second-order valence-corrected chi connectivity index (χ2v) is 4.79. The van der Waals surface area contributed by atoms with Crippen LogP contribution in [0.2, 0.25) is 0 Å². The summed E-state index contributed by atoms with van der Waals surface area (Å²) in [5.74, 6) is 0.889. The van der Waals surface area contributed by atoms with E-state index in [1.165, 1.54) is 5.56 Å². The fourth-order valence-corrected chi connectivity index (χ4v) is 2.32. The molecule has 0 radical (unpaired) electrons. The molecule has 2 N–H and O–H groups in total. The highest BCUT2D eigenvalue weighted by atomic mass is 35.5. The molecule has 3 nitrogen and oxygen atoms in total. The van der Waals surface area contributed by atoms with Gasteiger partial charge >= 0.3 is 0 Å². The topological polar surface area (TPSA) is 43.8 Å². The number of rotatable bonds is 4. The third-order valence-corrected chi connectivity index (χ3v) is 3.38. The van der Waals surface area contributed by atoms with E-state index in [9.17, 15) is 0 Å². The lowest BCUT2D eigenvalue weighted by molar-refractivity contribution is 0.674. The van der Waals surface area contributed by atoms with Crippen LogP contribution in [-0.2, 0) is 6.54 Å². The van der Waals surface area contributed by atoms with Crippen molar-refractivity contribution in [3.8, 4) is 0 Å². The second-order valence-electron chi connectivity index (χ2n) is 4.79. The van der Waals surface area contributed by atoms with E-state index in [0.29, 0.717) is 0 Å². The average Bonchev–Trinajstić information content (AvgIpc) is 2.96. The van der Waals surface area contributed by atoms with Gasteiger partial charge in [-0.3, -0.25) is 0 Å². The molecular weight excluding hydrogens is 282 g/mol. The van der Waals surface area contributed by atoms with Crippen molar-refractivity contribution in [3.63, 3.8) is 0 Å². The zero-order chi connectivity index (χ0) is 13.8. The van der Waals surface area contributed by atoms with Gasteiger partial charge in [0.2, 0.25) is 0 Å². The van der Waals surface area contributed by atoms with Gasteiger partial charge in [0.25, 0.3) is 0 Å². The summed E-state index contributed by atoms with van der Waals surface area (Å²) in [5.41, 5.74) is 8.65. The van der Waals surface area contributed by atoms with E-state index >= 15 is 0 Å². The summed E-state index contributed by atoms with van der Waals surface area (Å²) in [6.07, 6.45) is 3.78. The van der Waals surface area contributed by atoms with Crippen molar-refractivity contribution in [1.82, 2.24) is 9.55 Å². The summed E-state index contributed by atoms with van der Waals surface area (Å²) in [6, 6.07) is 20.2. The van der Waals surface area contributed by atoms with Crippen LogP contribution in [0.15, 0.2) is 73.1 Å². The summed E-state index contributed by atoms with van der Waals surface area (Å²) in [6.45, 7) is 0.788. The normalized spacial score (nSPS) is 11.7. The van der Waals surface area contributed by atoms with Crippen LogP contribution in [0.5, 0.6) is 0 Å². The van der Waals surface area contributed by atoms with E-state index < -0.39 is 0 Å². The molecule has 1 aromatic heterocycles. The Kier molecular flexibility index (Phi) is 5.14. The third kappa shape index (κ3) is 3.51. The lowest BCUT2D eigenvalue weighted by atomic mass is 10.1. The molecule has 0 saturated heterocycles. The minimum absolute atomic E-state index is 0. The Labute approximate surface area is 130 Å². The van der Waals surface area contributed by atoms with Crippen LogP contribution in [0.4, 0.5) is 0 Å². The van der Waals surface area contributed by atoms with Crippen molar-refractivity contribution in [1.29, 1.82) is 0 Å². The largest absolute Gasteiger partial charge is 0.329 e. The van der Waals surface area contributed by atoms with Crippen LogP contribution in [-0.4, -0.2) is 9.55 Å². The summed E-state index contributed by atoms with van der Waals surface area (Å²) in [7, 11) is 0. The molecule has 0 aliphatic rings. The molecule has 0 spiro atoms. The number of nitrogens with zero attached hydrogens (tertiary/aromatic N) is 2. The molecular formula is C17H18ClN3. The highest BCUT2D eigenvalue weighted by molar-refractivity contribution is 5.85. The molecule has 0 aliphatic heterocycles. The summed E-state index contributed by atoms with van der Waals surface area (Å²) >= 11 is 0. The van der Waals surface area contributed by atoms with Gasteiger partial charge in [0.05, 0.1) is 6.04 Å². The number of aromatic nitrogens is 2. The van der Waals surface area contributed by atoms with Crippen LogP contribution in [0, 0.1) is 0 Å². The van der Waals surface area contributed by atoms with Crippen molar-refractivity contribution < 1.29 is 0 Å². The fourth-order valence-electron chi connectivity index (χ4n) is 2.32. The van der Waals surface area contributed by atoms with E-state index in [4.69, 9.17) is 5.73 Å². The Morgan fingerprint density at radius 2 is 1.57 bits per heavy atom. The van der Waals surface area contributed by atoms with Gasteiger partial charge in [-0.2, -0.15) is 0 Å². The molecule has 3 rings (SSSR count). The Morgan fingerprint density at radius 1 is 0.952 bits per heavy atom. The molecule has 1 heterocycles. The molecule has 1 atom stereocenters. The van der Waals surface area contributed by atoms with E-state index in [0.717, 1.165) is 17.9 Å². The monoisotopic (exact) mass is 299 g/mol. The molecule has 0 saturated carbocycles. The van der Waals surface area contributed by atoms with Gasteiger partial charge in [-0.05, 0) is 11.1 Å². The number of benzene rings is 2. The van der Waals surface area contributed by atoms with Gasteiger partial charge in [0, 0.05) is 18.9 Å². The van der Waals surface area contributed by atoms with Crippen molar-refractivity contribution in [2.75, 3.05) is 0 Å². The van der Waals surface area contributed by atoms with Gasteiger partial charge in [-0.15, -0.1) is 12.4 Å². The predicted molar refractivity (Wildman–Crippen MR) is 87.5 cm³/mol. The lowest BCUT2D eigenvalue weighted by Crippen LogP contribution is -2.18. The van der Waals surface area contributed by atoms with E-state index in [2.05, 4.69) is 21.7 Å². The second kappa shape index (κ2) is 7.07. The van der Waals surface area contributed by atoms with E-state index in [1.807, 2.05) is 54.7 Å². The van der Waals surface area contributed by atoms with E-state index in [-0.39, 0.29) is 18.4 Å². The fraction of sp³-hybridized carbons (Fsp3) is 0.118. The minimum Gasteiger partial charge on any atom is -0.329 e. The Morgan fingerprint density at radius 3 is 2.24 bits per heavy atom. The number of halogens is 1. The van der Waals surface area contributed by atoms with Crippen molar-refractivity contribution in [2.24, 2.45) is 5.73 Å². The molecule has 1 unspecified atom stereocenters. The first-order valence-electron chi connectivity index (χ1n) is 6.70. The highest BCUT2D eigenvalue weighted by Gasteiger charge is 2.14. The highest BCUT2D eigenvalue weighted by Crippen LogP contribution is 2.18. The lowest BCUT2D eigenvalue weighted by Gasteiger charge is -2.14.